The van der Waals surface area contributed by atoms with E-state index < -0.39 is 0 Å². The standard InChI is InChI=1S/C14H15ClN2O/c1-2-6-12-13(15)16-10-17-14(12)18-9-11-7-4-3-5-8-11/h3-5,7-8,10H,2,6,9H2,1H3. The fourth-order valence-electron chi connectivity index (χ4n) is 1.69. The van der Waals surface area contributed by atoms with Crippen molar-refractivity contribution in [1.82, 2.24) is 9.97 Å². The molecule has 4 heteroatoms. The smallest absolute Gasteiger partial charge is 0.221 e. The lowest BCUT2D eigenvalue weighted by Crippen LogP contribution is -2.02. The van der Waals surface area contributed by atoms with Crippen molar-refractivity contribution < 1.29 is 4.74 Å². The summed E-state index contributed by atoms with van der Waals surface area (Å²) in [4.78, 5) is 8.14. The lowest BCUT2D eigenvalue weighted by Gasteiger charge is -2.10. The molecule has 0 unspecified atom stereocenters. The molecule has 0 aliphatic heterocycles. The number of rotatable bonds is 5. The quantitative estimate of drug-likeness (QED) is 0.772. The highest BCUT2D eigenvalue weighted by Crippen LogP contribution is 2.24. The predicted octanol–water partition coefficient (Wildman–Crippen LogP) is 3.66. The first-order valence-electron chi connectivity index (χ1n) is 5.97. The summed E-state index contributed by atoms with van der Waals surface area (Å²) in [5.74, 6) is 0.584. The Hall–Kier alpha value is -1.61. The molecule has 0 saturated carbocycles. The van der Waals surface area contributed by atoms with Gasteiger partial charge >= 0.3 is 0 Å². The number of aromatic nitrogens is 2. The maximum absolute atomic E-state index is 6.06. The number of hydrogen-bond donors (Lipinski definition) is 0. The Kier molecular flexibility index (Phi) is 4.53. The zero-order valence-electron chi connectivity index (χ0n) is 10.3. The lowest BCUT2D eigenvalue weighted by molar-refractivity contribution is 0.289. The van der Waals surface area contributed by atoms with Crippen LogP contribution in [0.1, 0.15) is 24.5 Å². The van der Waals surface area contributed by atoms with Crippen LogP contribution < -0.4 is 4.74 Å². The van der Waals surface area contributed by atoms with E-state index >= 15 is 0 Å². The van der Waals surface area contributed by atoms with E-state index in [0.717, 1.165) is 24.0 Å². The molecule has 3 nitrogen and oxygen atoms in total. The van der Waals surface area contributed by atoms with Gasteiger partial charge in [-0.3, -0.25) is 0 Å². The van der Waals surface area contributed by atoms with Crippen LogP contribution in [-0.2, 0) is 13.0 Å². The van der Waals surface area contributed by atoms with Crippen LogP contribution in [-0.4, -0.2) is 9.97 Å². The highest BCUT2D eigenvalue weighted by molar-refractivity contribution is 6.30. The van der Waals surface area contributed by atoms with Gasteiger partial charge in [-0.05, 0) is 12.0 Å². The van der Waals surface area contributed by atoms with Crippen molar-refractivity contribution in [3.8, 4) is 5.88 Å². The first kappa shape index (κ1) is 12.8. The van der Waals surface area contributed by atoms with Gasteiger partial charge in [-0.1, -0.05) is 55.3 Å². The molecule has 0 aliphatic carbocycles. The first-order valence-corrected chi connectivity index (χ1v) is 6.35. The fourth-order valence-corrected chi connectivity index (χ4v) is 1.91. The van der Waals surface area contributed by atoms with Crippen LogP contribution in [0, 0.1) is 0 Å². The molecule has 2 aromatic rings. The second kappa shape index (κ2) is 6.36. The minimum atomic E-state index is 0.481. The molecule has 1 aromatic heterocycles. The topological polar surface area (TPSA) is 35.0 Å². The average molecular weight is 263 g/mol. The molecule has 94 valence electrons. The van der Waals surface area contributed by atoms with E-state index in [2.05, 4.69) is 16.9 Å². The van der Waals surface area contributed by atoms with Gasteiger partial charge in [0.15, 0.2) is 0 Å². The minimum absolute atomic E-state index is 0.481. The molecule has 0 N–H and O–H groups in total. The number of nitrogens with zero attached hydrogens (tertiary/aromatic N) is 2. The zero-order valence-corrected chi connectivity index (χ0v) is 11.0. The number of hydrogen-bond acceptors (Lipinski definition) is 3. The Morgan fingerprint density at radius 3 is 2.67 bits per heavy atom. The Balaban J connectivity index is 2.11. The molecule has 1 heterocycles. The monoisotopic (exact) mass is 262 g/mol. The zero-order chi connectivity index (χ0) is 12.8. The van der Waals surface area contributed by atoms with Gasteiger partial charge in [0.25, 0.3) is 0 Å². The normalized spacial score (nSPS) is 10.3. The van der Waals surface area contributed by atoms with E-state index in [9.17, 15) is 0 Å². The Morgan fingerprint density at radius 1 is 1.17 bits per heavy atom. The van der Waals surface area contributed by atoms with Crippen molar-refractivity contribution in [2.75, 3.05) is 0 Å². The Labute approximate surface area is 112 Å². The van der Waals surface area contributed by atoms with Crippen LogP contribution in [0.15, 0.2) is 36.7 Å². The van der Waals surface area contributed by atoms with E-state index in [4.69, 9.17) is 16.3 Å². The fraction of sp³-hybridized carbons (Fsp3) is 0.286. The van der Waals surface area contributed by atoms with Crippen molar-refractivity contribution >= 4 is 11.6 Å². The van der Waals surface area contributed by atoms with Crippen LogP contribution in [0.2, 0.25) is 5.15 Å². The van der Waals surface area contributed by atoms with E-state index in [0.29, 0.717) is 17.6 Å². The summed E-state index contributed by atoms with van der Waals surface area (Å²) < 4.78 is 5.72. The molecule has 0 saturated heterocycles. The summed E-state index contributed by atoms with van der Waals surface area (Å²) in [6, 6.07) is 9.98. The third-order valence-electron chi connectivity index (χ3n) is 2.57. The largest absolute Gasteiger partial charge is 0.472 e. The maximum Gasteiger partial charge on any atom is 0.221 e. The molecule has 1 aromatic carbocycles. The summed E-state index contributed by atoms with van der Waals surface area (Å²) >= 11 is 6.06. The molecule has 0 amide bonds. The van der Waals surface area contributed by atoms with Crippen LogP contribution in [0.4, 0.5) is 0 Å². The molecule has 0 atom stereocenters. The molecule has 2 rings (SSSR count). The molecule has 0 bridgehead atoms. The third-order valence-corrected chi connectivity index (χ3v) is 2.90. The number of ether oxygens (including phenoxy) is 1. The van der Waals surface area contributed by atoms with E-state index in [1.165, 1.54) is 6.33 Å². The second-order valence-corrected chi connectivity index (χ2v) is 4.33. The van der Waals surface area contributed by atoms with Gasteiger partial charge in [0, 0.05) is 0 Å². The highest BCUT2D eigenvalue weighted by atomic mass is 35.5. The Bertz CT molecular complexity index is 502. The summed E-state index contributed by atoms with van der Waals surface area (Å²) in [6.45, 7) is 2.58. The van der Waals surface area contributed by atoms with Crippen molar-refractivity contribution in [2.24, 2.45) is 0 Å². The maximum atomic E-state index is 6.06. The molecule has 18 heavy (non-hydrogen) atoms. The molecule has 0 spiro atoms. The van der Waals surface area contributed by atoms with E-state index in [1.807, 2.05) is 30.3 Å². The summed E-state index contributed by atoms with van der Waals surface area (Å²) in [6.07, 6.45) is 3.24. The van der Waals surface area contributed by atoms with Crippen molar-refractivity contribution in [3.63, 3.8) is 0 Å². The third kappa shape index (κ3) is 3.20. The summed E-state index contributed by atoms with van der Waals surface area (Å²) in [7, 11) is 0. The van der Waals surface area contributed by atoms with Gasteiger partial charge in [-0.2, -0.15) is 0 Å². The van der Waals surface area contributed by atoms with Gasteiger partial charge < -0.3 is 4.74 Å². The lowest BCUT2D eigenvalue weighted by atomic mass is 10.2. The van der Waals surface area contributed by atoms with Crippen LogP contribution in [0.25, 0.3) is 0 Å². The van der Waals surface area contributed by atoms with Crippen molar-refractivity contribution in [1.29, 1.82) is 0 Å². The van der Waals surface area contributed by atoms with Crippen molar-refractivity contribution in [2.45, 2.75) is 26.4 Å². The molecule has 0 radical (unpaired) electrons. The number of benzene rings is 1. The summed E-state index contributed by atoms with van der Waals surface area (Å²) in [5, 5.41) is 0.481. The first-order chi connectivity index (χ1) is 8.81. The van der Waals surface area contributed by atoms with Crippen LogP contribution >= 0.6 is 11.6 Å². The highest BCUT2D eigenvalue weighted by Gasteiger charge is 2.10. The molecule has 0 aliphatic rings. The van der Waals surface area contributed by atoms with E-state index in [-0.39, 0.29) is 0 Å². The van der Waals surface area contributed by atoms with Crippen LogP contribution in [0.3, 0.4) is 0 Å². The number of halogens is 1. The van der Waals surface area contributed by atoms with Gasteiger partial charge in [0.2, 0.25) is 5.88 Å². The van der Waals surface area contributed by atoms with Gasteiger partial charge in [0.1, 0.15) is 18.1 Å². The van der Waals surface area contributed by atoms with E-state index in [1.54, 1.807) is 0 Å². The molecular formula is C14H15ClN2O. The second-order valence-electron chi connectivity index (χ2n) is 3.97. The van der Waals surface area contributed by atoms with Crippen LogP contribution in [0.5, 0.6) is 5.88 Å². The Morgan fingerprint density at radius 2 is 1.94 bits per heavy atom. The minimum Gasteiger partial charge on any atom is -0.472 e. The van der Waals surface area contributed by atoms with Gasteiger partial charge in [-0.25, -0.2) is 9.97 Å². The summed E-state index contributed by atoms with van der Waals surface area (Å²) in [5.41, 5.74) is 1.99. The van der Waals surface area contributed by atoms with Gasteiger partial charge in [0.05, 0.1) is 5.56 Å². The van der Waals surface area contributed by atoms with Gasteiger partial charge in [-0.15, -0.1) is 0 Å². The average Bonchev–Trinajstić information content (AvgIpc) is 2.41. The predicted molar refractivity (Wildman–Crippen MR) is 71.8 cm³/mol. The molecular weight excluding hydrogens is 248 g/mol. The molecule has 0 fully saturated rings. The van der Waals surface area contributed by atoms with Crippen molar-refractivity contribution in [3.05, 3.63) is 52.9 Å². The SMILES string of the molecule is CCCc1c(Cl)ncnc1OCc1ccccc1.